The number of nitrogens with one attached hydrogen (secondary N) is 1. The summed E-state index contributed by atoms with van der Waals surface area (Å²) in [7, 11) is 0. The minimum Gasteiger partial charge on any atom is -0.480 e. The van der Waals surface area contributed by atoms with Gasteiger partial charge in [0.25, 0.3) is 0 Å². The van der Waals surface area contributed by atoms with Crippen LogP contribution in [0.3, 0.4) is 0 Å². The summed E-state index contributed by atoms with van der Waals surface area (Å²) in [5, 5.41) is 11.6. The van der Waals surface area contributed by atoms with Crippen LogP contribution in [0.4, 0.5) is 0 Å². The zero-order valence-corrected chi connectivity index (χ0v) is 6.99. The van der Waals surface area contributed by atoms with Crippen molar-refractivity contribution < 1.29 is 12.6 Å². The fourth-order valence-electron chi connectivity index (χ4n) is 1.18. The van der Waals surface area contributed by atoms with E-state index in [4.69, 9.17) is 7.85 Å². The summed E-state index contributed by atoms with van der Waals surface area (Å²) >= 11 is 0. The van der Waals surface area contributed by atoms with E-state index in [1.807, 2.05) is 0 Å². The molecule has 1 aliphatic rings. The summed E-state index contributed by atoms with van der Waals surface area (Å²) in [6.07, 6.45) is 0.622. The number of hydrogen-bond donors (Lipinski definition) is 2. The molecule has 0 unspecified atom stereocenters. The van der Waals surface area contributed by atoms with Crippen molar-refractivity contribution in [3.05, 3.63) is 0 Å². The molecular weight excluding hydrogens is 166 g/mol. The van der Waals surface area contributed by atoms with Crippen molar-refractivity contribution in [2.45, 2.75) is 26.3 Å². The van der Waals surface area contributed by atoms with Gasteiger partial charge in [0.1, 0.15) is 6.04 Å². The van der Waals surface area contributed by atoms with E-state index in [1.165, 1.54) is 0 Å². The Hall–Kier alpha value is -0.280. The predicted octanol–water partition coefficient (Wildman–Crippen LogP) is 0.881. The Morgan fingerprint density at radius 1 is 1.82 bits per heavy atom. The van der Waals surface area contributed by atoms with Crippen molar-refractivity contribution in [2.75, 3.05) is 6.54 Å². The van der Waals surface area contributed by atoms with Gasteiger partial charge < -0.3 is 10.4 Å². The standard InChI is InChI=1S/C7H13NO2.ClH/c1-7(2)3-4-8-5(7)6(9)10;/h5,8H,3-4H2,1-2H3,(H,9,10);1H/t5-;/m1./s1/i1D,2D;. The third-order valence-corrected chi connectivity index (χ3v) is 1.83. The van der Waals surface area contributed by atoms with E-state index in [0.29, 0.717) is 13.0 Å². The molecular formula is C7H14ClNO2. The summed E-state index contributed by atoms with van der Waals surface area (Å²) in [4.78, 5) is 10.7. The number of halogens is 1. The summed E-state index contributed by atoms with van der Waals surface area (Å²) in [5.74, 6) is -0.938. The Morgan fingerprint density at radius 3 is 2.82 bits per heavy atom. The molecule has 1 heterocycles. The van der Waals surface area contributed by atoms with Gasteiger partial charge in [0.05, 0.1) is 0 Å². The Kier molecular flexibility index (Phi) is 2.29. The van der Waals surface area contributed by atoms with Crippen LogP contribution in [0.1, 0.15) is 23.0 Å². The van der Waals surface area contributed by atoms with Crippen molar-refractivity contribution in [2.24, 2.45) is 5.41 Å². The minimum atomic E-state index is -0.938. The molecule has 0 saturated carbocycles. The molecule has 66 valence electrons. The molecule has 1 aliphatic heterocycles. The first-order valence-corrected chi connectivity index (χ1v) is 3.21. The highest BCUT2D eigenvalue weighted by molar-refractivity contribution is 5.85. The summed E-state index contributed by atoms with van der Waals surface area (Å²) in [6.45, 7) is 0.635. The van der Waals surface area contributed by atoms with Crippen LogP contribution >= 0.6 is 12.4 Å². The van der Waals surface area contributed by atoms with Crippen LogP contribution in [-0.2, 0) is 4.79 Å². The molecule has 0 bridgehead atoms. The molecule has 0 amide bonds. The van der Waals surface area contributed by atoms with Crippen LogP contribution in [0, 0.1) is 5.41 Å². The van der Waals surface area contributed by atoms with Crippen LogP contribution in [0.15, 0.2) is 0 Å². The Labute approximate surface area is 75.4 Å². The minimum absolute atomic E-state index is 0. The summed E-state index contributed by atoms with van der Waals surface area (Å²) < 4.78 is 14.5. The molecule has 0 spiro atoms. The first kappa shape index (κ1) is 7.37. The third-order valence-electron chi connectivity index (χ3n) is 1.83. The zero-order valence-electron chi connectivity index (χ0n) is 8.17. The lowest BCUT2D eigenvalue weighted by Gasteiger charge is -2.21. The molecule has 4 heteroatoms. The van der Waals surface area contributed by atoms with Crippen molar-refractivity contribution >= 4 is 18.4 Å². The fraction of sp³-hybridized carbons (Fsp3) is 0.857. The molecule has 0 aromatic heterocycles. The number of carbonyl (C=O) groups is 1. The Balaban J connectivity index is 0.00000144. The second-order valence-electron chi connectivity index (χ2n) is 2.84. The molecule has 2 N–H and O–H groups in total. The van der Waals surface area contributed by atoms with E-state index in [2.05, 4.69) is 5.32 Å². The second-order valence-corrected chi connectivity index (χ2v) is 2.84. The van der Waals surface area contributed by atoms with Gasteiger partial charge in [-0.05, 0) is 18.4 Å². The molecule has 1 rings (SSSR count). The van der Waals surface area contributed by atoms with E-state index in [-0.39, 0.29) is 26.2 Å². The molecule has 0 radical (unpaired) electrons. The quantitative estimate of drug-likeness (QED) is 0.632. The van der Waals surface area contributed by atoms with Crippen LogP contribution in [0.25, 0.3) is 0 Å². The monoisotopic (exact) mass is 181 g/mol. The molecule has 11 heavy (non-hydrogen) atoms. The number of hydrogen-bond acceptors (Lipinski definition) is 2. The van der Waals surface area contributed by atoms with Gasteiger partial charge in [0, 0.05) is 2.74 Å². The van der Waals surface area contributed by atoms with Gasteiger partial charge in [0.15, 0.2) is 0 Å². The van der Waals surface area contributed by atoms with Crippen LogP contribution in [0.5, 0.6) is 0 Å². The van der Waals surface area contributed by atoms with Gasteiger partial charge in [0.2, 0.25) is 0 Å². The van der Waals surface area contributed by atoms with E-state index in [1.54, 1.807) is 0 Å². The molecule has 1 fully saturated rings. The molecule has 0 aliphatic carbocycles. The number of carboxylic acid groups (broad SMARTS) is 1. The summed E-state index contributed by atoms with van der Waals surface area (Å²) in [5.41, 5.74) is -0.661. The third kappa shape index (κ3) is 2.07. The normalized spacial score (nSPS) is 30.0. The first-order chi connectivity index (χ1) is 5.66. The lowest BCUT2D eigenvalue weighted by Crippen LogP contribution is -2.39. The zero-order chi connectivity index (χ0) is 9.19. The van der Waals surface area contributed by atoms with Crippen molar-refractivity contribution in [3.8, 4) is 0 Å². The molecule has 0 aromatic carbocycles. The Morgan fingerprint density at radius 2 is 2.45 bits per heavy atom. The van der Waals surface area contributed by atoms with Gasteiger partial charge in [-0.2, -0.15) is 0 Å². The maximum absolute atomic E-state index is 10.7. The van der Waals surface area contributed by atoms with Gasteiger partial charge in [-0.25, -0.2) is 0 Å². The SMILES string of the molecule is Cl.[2H]CC1(C[2H])CCN[C@@H]1C(=O)O. The van der Waals surface area contributed by atoms with Gasteiger partial charge in [-0.15, -0.1) is 12.4 Å². The lowest BCUT2D eigenvalue weighted by molar-refractivity contribution is -0.141. The summed E-state index contributed by atoms with van der Waals surface area (Å²) in [6, 6.07) is -0.701. The topological polar surface area (TPSA) is 49.3 Å². The molecule has 1 atom stereocenters. The van der Waals surface area contributed by atoms with Gasteiger partial charge in [-0.3, -0.25) is 4.79 Å². The molecule has 0 aromatic rings. The van der Waals surface area contributed by atoms with Gasteiger partial charge >= 0.3 is 5.97 Å². The fourth-order valence-corrected chi connectivity index (χ4v) is 1.18. The molecule has 3 nitrogen and oxygen atoms in total. The van der Waals surface area contributed by atoms with E-state index < -0.39 is 17.4 Å². The van der Waals surface area contributed by atoms with Crippen LogP contribution in [0.2, 0.25) is 0 Å². The number of carboxylic acids is 1. The highest BCUT2D eigenvalue weighted by atomic mass is 35.5. The van der Waals surface area contributed by atoms with Crippen LogP contribution < -0.4 is 5.32 Å². The highest BCUT2D eigenvalue weighted by Gasteiger charge is 2.38. The first-order valence-electron chi connectivity index (χ1n) is 4.62. The maximum atomic E-state index is 10.7. The smallest absolute Gasteiger partial charge is 0.321 e. The largest absolute Gasteiger partial charge is 0.480 e. The second kappa shape index (κ2) is 3.41. The van der Waals surface area contributed by atoms with Crippen molar-refractivity contribution in [1.82, 2.24) is 5.32 Å². The average Bonchev–Trinajstić information content (AvgIpc) is 2.48. The number of aliphatic carboxylic acids is 1. The highest BCUT2D eigenvalue weighted by Crippen LogP contribution is 2.29. The lowest BCUT2D eigenvalue weighted by atomic mass is 9.85. The average molecular weight is 182 g/mol. The van der Waals surface area contributed by atoms with Crippen molar-refractivity contribution in [1.29, 1.82) is 0 Å². The maximum Gasteiger partial charge on any atom is 0.321 e. The van der Waals surface area contributed by atoms with Gasteiger partial charge in [-0.1, -0.05) is 13.8 Å². The Bertz CT molecular complexity index is 187. The van der Waals surface area contributed by atoms with Crippen LogP contribution in [-0.4, -0.2) is 23.7 Å². The van der Waals surface area contributed by atoms with E-state index >= 15 is 0 Å². The van der Waals surface area contributed by atoms with Crippen molar-refractivity contribution in [3.63, 3.8) is 0 Å². The number of rotatable bonds is 1. The van der Waals surface area contributed by atoms with E-state index in [0.717, 1.165) is 0 Å². The molecule has 1 saturated heterocycles. The van der Waals surface area contributed by atoms with E-state index in [9.17, 15) is 4.79 Å². The predicted molar refractivity (Wildman–Crippen MR) is 45.1 cm³/mol.